The van der Waals surface area contributed by atoms with Gasteiger partial charge >= 0.3 is 0 Å². The fourth-order valence-corrected chi connectivity index (χ4v) is 4.83. The Morgan fingerprint density at radius 1 is 1.17 bits per heavy atom. The van der Waals surface area contributed by atoms with E-state index in [0.29, 0.717) is 18.6 Å². The van der Waals surface area contributed by atoms with Gasteiger partial charge in [0.2, 0.25) is 15.9 Å². The number of anilines is 1. The number of amides is 1. The molecule has 0 atom stereocenters. The number of nitrogens with one attached hydrogen (secondary N) is 1. The maximum absolute atomic E-state index is 12.8. The molecule has 0 unspecified atom stereocenters. The van der Waals surface area contributed by atoms with Gasteiger partial charge in [0, 0.05) is 31.1 Å². The minimum absolute atomic E-state index is 0.162. The SMILES string of the molecule is COc1ccc([N+](=O)[O-])cc1NC(=O)C1CCN(S(=O)(=O)c2ccc(C)cc2)CC1. The highest BCUT2D eigenvalue weighted by molar-refractivity contribution is 7.89. The standard InChI is InChI=1S/C20H23N3O6S/c1-14-3-6-17(7-4-14)30(27,28)22-11-9-15(10-12-22)20(24)21-18-13-16(23(25)26)5-8-19(18)29-2/h3-8,13,15H,9-12H2,1-2H3,(H,21,24). The molecule has 160 valence electrons. The fraction of sp³-hybridized carbons (Fsp3) is 0.350. The maximum Gasteiger partial charge on any atom is 0.271 e. The first-order valence-corrected chi connectivity index (χ1v) is 10.9. The molecule has 0 aromatic heterocycles. The van der Waals surface area contributed by atoms with Gasteiger partial charge in [-0.1, -0.05) is 17.7 Å². The number of aryl methyl sites for hydroxylation is 1. The van der Waals surface area contributed by atoms with Gasteiger partial charge in [-0.2, -0.15) is 4.31 Å². The predicted octanol–water partition coefficient (Wildman–Crippen LogP) is 2.95. The first kappa shape index (κ1) is 21.7. The van der Waals surface area contributed by atoms with Crippen LogP contribution in [0.5, 0.6) is 5.75 Å². The molecule has 0 spiro atoms. The molecule has 0 saturated carbocycles. The van der Waals surface area contributed by atoms with Crippen LogP contribution in [0.1, 0.15) is 18.4 Å². The zero-order valence-corrected chi connectivity index (χ0v) is 17.5. The van der Waals surface area contributed by atoms with E-state index >= 15 is 0 Å². The number of carbonyl (C=O) groups excluding carboxylic acids is 1. The van der Waals surface area contributed by atoms with E-state index in [-0.39, 0.29) is 35.3 Å². The van der Waals surface area contributed by atoms with Crippen LogP contribution >= 0.6 is 0 Å². The molecule has 1 fully saturated rings. The number of hydrogen-bond donors (Lipinski definition) is 1. The highest BCUT2D eigenvalue weighted by Gasteiger charge is 2.32. The van der Waals surface area contributed by atoms with Gasteiger partial charge in [0.1, 0.15) is 5.75 Å². The van der Waals surface area contributed by atoms with Crippen molar-refractivity contribution in [2.24, 2.45) is 5.92 Å². The Balaban J connectivity index is 1.67. The second-order valence-corrected chi connectivity index (χ2v) is 9.06. The monoisotopic (exact) mass is 433 g/mol. The third-order valence-electron chi connectivity index (χ3n) is 5.14. The second kappa shape index (κ2) is 8.80. The lowest BCUT2D eigenvalue weighted by Crippen LogP contribution is -2.41. The van der Waals surface area contributed by atoms with Crippen molar-refractivity contribution in [1.82, 2.24) is 4.31 Å². The number of nitro benzene ring substituents is 1. The average Bonchev–Trinajstić information content (AvgIpc) is 2.74. The topological polar surface area (TPSA) is 119 Å². The zero-order chi connectivity index (χ0) is 21.9. The highest BCUT2D eigenvalue weighted by atomic mass is 32.2. The molecule has 2 aromatic carbocycles. The summed E-state index contributed by atoms with van der Waals surface area (Å²) in [6.45, 7) is 2.33. The molecule has 3 rings (SSSR count). The smallest absolute Gasteiger partial charge is 0.271 e. The molecule has 1 heterocycles. The van der Waals surface area contributed by atoms with Crippen LogP contribution in [0.15, 0.2) is 47.4 Å². The van der Waals surface area contributed by atoms with Crippen LogP contribution in [0.4, 0.5) is 11.4 Å². The van der Waals surface area contributed by atoms with E-state index in [9.17, 15) is 23.3 Å². The number of carbonyl (C=O) groups is 1. The number of non-ortho nitro benzene ring substituents is 1. The Bertz CT molecular complexity index is 1040. The summed E-state index contributed by atoms with van der Waals surface area (Å²) in [6, 6.07) is 10.6. The van der Waals surface area contributed by atoms with Gasteiger partial charge < -0.3 is 10.1 Å². The summed E-state index contributed by atoms with van der Waals surface area (Å²) < 4.78 is 32.1. The lowest BCUT2D eigenvalue weighted by atomic mass is 9.97. The van der Waals surface area contributed by atoms with E-state index in [1.807, 2.05) is 6.92 Å². The van der Waals surface area contributed by atoms with Crippen molar-refractivity contribution in [2.45, 2.75) is 24.7 Å². The lowest BCUT2D eigenvalue weighted by molar-refractivity contribution is -0.384. The molecule has 9 nitrogen and oxygen atoms in total. The van der Waals surface area contributed by atoms with E-state index in [4.69, 9.17) is 4.74 Å². The number of methoxy groups -OCH3 is 1. The molecule has 1 aliphatic heterocycles. The molecule has 1 N–H and O–H groups in total. The number of rotatable bonds is 6. The van der Waals surface area contributed by atoms with Gasteiger partial charge in [-0.05, 0) is 38.0 Å². The van der Waals surface area contributed by atoms with E-state index in [0.717, 1.165) is 5.56 Å². The Kier molecular flexibility index (Phi) is 6.37. The van der Waals surface area contributed by atoms with Crippen molar-refractivity contribution >= 4 is 27.3 Å². The first-order valence-electron chi connectivity index (χ1n) is 9.42. The first-order chi connectivity index (χ1) is 14.2. The Hall–Kier alpha value is -2.98. The van der Waals surface area contributed by atoms with E-state index in [1.165, 1.54) is 29.6 Å². The quantitative estimate of drug-likeness (QED) is 0.553. The van der Waals surface area contributed by atoms with Crippen LogP contribution in [-0.2, 0) is 14.8 Å². The van der Waals surface area contributed by atoms with Crippen molar-refractivity contribution in [2.75, 3.05) is 25.5 Å². The van der Waals surface area contributed by atoms with E-state index in [1.54, 1.807) is 24.3 Å². The van der Waals surface area contributed by atoms with Crippen molar-refractivity contribution in [1.29, 1.82) is 0 Å². The number of benzene rings is 2. The van der Waals surface area contributed by atoms with E-state index in [2.05, 4.69) is 5.32 Å². The van der Waals surface area contributed by atoms with Crippen LogP contribution in [-0.4, -0.2) is 43.8 Å². The number of nitrogens with zero attached hydrogens (tertiary/aromatic N) is 2. The summed E-state index contributed by atoms with van der Waals surface area (Å²) in [5.74, 6) is -0.409. The number of sulfonamides is 1. The molecular formula is C20H23N3O6S. The van der Waals surface area contributed by atoms with Gasteiger partial charge in [0.15, 0.2) is 0 Å². The van der Waals surface area contributed by atoms with Crippen molar-refractivity contribution in [3.05, 3.63) is 58.1 Å². The normalized spacial score (nSPS) is 15.5. The minimum Gasteiger partial charge on any atom is -0.495 e. The van der Waals surface area contributed by atoms with Crippen molar-refractivity contribution in [3.8, 4) is 5.75 Å². The molecule has 10 heteroatoms. The second-order valence-electron chi connectivity index (χ2n) is 7.12. The largest absolute Gasteiger partial charge is 0.495 e. The minimum atomic E-state index is -3.61. The van der Waals surface area contributed by atoms with Gasteiger partial charge in [-0.25, -0.2) is 8.42 Å². The third kappa shape index (κ3) is 4.60. The number of piperidine rings is 1. The summed E-state index contributed by atoms with van der Waals surface area (Å²) in [7, 11) is -2.20. The molecule has 1 amide bonds. The fourth-order valence-electron chi connectivity index (χ4n) is 3.36. The molecule has 0 radical (unpaired) electrons. The molecule has 0 bridgehead atoms. The maximum atomic E-state index is 12.8. The average molecular weight is 433 g/mol. The summed E-state index contributed by atoms with van der Waals surface area (Å²) in [6.07, 6.45) is 0.711. The van der Waals surface area contributed by atoms with Crippen LogP contribution in [0.25, 0.3) is 0 Å². The van der Waals surface area contributed by atoms with Gasteiger partial charge in [0.25, 0.3) is 5.69 Å². The molecular weight excluding hydrogens is 410 g/mol. The Labute approximate surface area is 174 Å². The summed E-state index contributed by atoms with van der Waals surface area (Å²) in [4.78, 5) is 23.4. The number of nitro groups is 1. The van der Waals surface area contributed by atoms with E-state index < -0.39 is 20.9 Å². The van der Waals surface area contributed by atoms with Crippen molar-refractivity contribution < 1.29 is 22.9 Å². The molecule has 1 aliphatic rings. The summed E-state index contributed by atoms with van der Waals surface area (Å²) in [5.41, 5.74) is 1.03. The zero-order valence-electron chi connectivity index (χ0n) is 16.7. The van der Waals surface area contributed by atoms with Crippen LogP contribution < -0.4 is 10.1 Å². The Morgan fingerprint density at radius 2 is 1.80 bits per heavy atom. The van der Waals surface area contributed by atoms with Crippen LogP contribution in [0, 0.1) is 23.0 Å². The lowest BCUT2D eigenvalue weighted by Gasteiger charge is -2.30. The Morgan fingerprint density at radius 3 is 2.37 bits per heavy atom. The summed E-state index contributed by atoms with van der Waals surface area (Å²) >= 11 is 0. The molecule has 1 saturated heterocycles. The molecule has 2 aromatic rings. The molecule has 0 aliphatic carbocycles. The highest BCUT2D eigenvalue weighted by Crippen LogP contribution is 2.31. The van der Waals surface area contributed by atoms with Gasteiger partial charge in [-0.3, -0.25) is 14.9 Å². The van der Waals surface area contributed by atoms with Crippen LogP contribution in [0.3, 0.4) is 0 Å². The molecule has 30 heavy (non-hydrogen) atoms. The van der Waals surface area contributed by atoms with Crippen molar-refractivity contribution in [3.63, 3.8) is 0 Å². The van der Waals surface area contributed by atoms with Gasteiger partial charge in [0.05, 0.1) is 22.6 Å². The summed E-state index contributed by atoms with van der Waals surface area (Å²) in [5, 5.41) is 13.7. The van der Waals surface area contributed by atoms with Gasteiger partial charge in [-0.15, -0.1) is 0 Å². The number of hydrogen-bond acceptors (Lipinski definition) is 6. The third-order valence-corrected chi connectivity index (χ3v) is 7.05. The predicted molar refractivity (Wildman–Crippen MR) is 111 cm³/mol. The van der Waals surface area contributed by atoms with Crippen LogP contribution in [0.2, 0.25) is 0 Å². The number of ether oxygens (including phenoxy) is 1.